The zero-order chi connectivity index (χ0) is 29.5. The van der Waals surface area contributed by atoms with E-state index in [1.54, 1.807) is 35.2 Å². The highest BCUT2D eigenvalue weighted by molar-refractivity contribution is 8.01. The van der Waals surface area contributed by atoms with Crippen molar-refractivity contribution in [2.45, 2.75) is 89.9 Å². The number of benzene rings is 1. The molecule has 10 heteroatoms. The standard InChI is InChI=1S/C30H43N3O5S2/c1-5-7-15-30(4,14-6-2)40-20-27(35)31-18-26(34)33-25(12-13-28(36)37)29(38)32-24-10-8-22(9-11-24)17-23-16-21(3)39-19-23/h8-11,16,19,25H,5-7,12-15,17-18,20H2,1-4H3,(H,31,35)(H,32,38)(H,33,34)(H,36,37)/t25-,30?/m0/s1. The summed E-state index contributed by atoms with van der Waals surface area (Å²) in [4.78, 5) is 50.3. The normalized spacial score (nSPS) is 13.2. The van der Waals surface area contributed by atoms with Crippen LogP contribution in [0.3, 0.4) is 0 Å². The van der Waals surface area contributed by atoms with E-state index < -0.39 is 23.8 Å². The molecule has 40 heavy (non-hydrogen) atoms. The van der Waals surface area contributed by atoms with Gasteiger partial charge in [0.25, 0.3) is 0 Å². The number of thiophene rings is 1. The molecular weight excluding hydrogens is 546 g/mol. The van der Waals surface area contributed by atoms with Gasteiger partial charge >= 0.3 is 5.97 Å². The van der Waals surface area contributed by atoms with Gasteiger partial charge in [-0.3, -0.25) is 19.2 Å². The van der Waals surface area contributed by atoms with E-state index in [9.17, 15) is 19.2 Å². The van der Waals surface area contributed by atoms with Crippen molar-refractivity contribution in [3.63, 3.8) is 0 Å². The van der Waals surface area contributed by atoms with Crippen molar-refractivity contribution < 1.29 is 24.3 Å². The van der Waals surface area contributed by atoms with Gasteiger partial charge in [0, 0.05) is 21.7 Å². The predicted octanol–water partition coefficient (Wildman–Crippen LogP) is 5.53. The van der Waals surface area contributed by atoms with Crippen LogP contribution in [0.25, 0.3) is 0 Å². The van der Waals surface area contributed by atoms with E-state index in [1.807, 2.05) is 12.1 Å². The summed E-state index contributed by atoms with van der Waals surface area (Å²) in [6.45, 7) is 8.25. The van der Waals surface area contributed by atoms with Crippen molar-refractivity contribution in [2.75, 3.05) is 17.6 Å². The lowest BCUT2D eigenvalue weighted by Crippen LogP contribution is -2.48. The zero-order valence-corrected chi connectivity index (χ0v) is 25.6. The number of aryl methyl sites for hydroxylation is 1. The molecule has 2 atom stereocenters. The summed E-state index contributed by atoms with van der Waals surface area (Å²) < 4.78 is 0.0194. The smallest absolute Gasteiger partial charge is 0.303 e. The Morgan fingerprint density at radius 1 is 1.02 bits per heavy atom. The van der Waals surface area contributed by atoms with E-state index >= 15 is 0 Å². The zero-order valence-electron chi connectivity index (χ0n) is 24.0. The van der Waals surface area contributed by atoms with Gasteiger partial charge in [0.1, 0.15) is 6.04 Å². The van der Waals surface area contributed by atoms with Gasteiger partial charge in [-0.05, 0) is 67.3 Å². The largest absolute Gasteiger partial charge is 0.481 e. The third-order valence-electron chi connectivity index (χ3n) is 6.55. The minimum Gasteiger partial charge on any atom is -0.481 e. The van der Waals surface area contributed by atoms with Crippen molar-refractivity contribution in [2.24, 2.45) is 0 Å². The molecule has 220 valence electrons. The van der Waals surface area contributed by atoms with Crippen LogP contribution in [0, 0.1) is 6.92 Å². The average molecular weight is 590 g/mol. The number of rotatable bonds is 18. The highest BCUT2D eigenvalue weighted by Gasteiger charge is 2.25. The fourth-order valence-corrected chi connectivity index (χ4v) is 6.29. The fraction of sp³-hybridized carbons (Fsp3) is 0.533. The number of hydrogen-bond donors (Lipinski definition) is 4. The number of thioether (sulfide) groups is 1. The Labute approximate surface area is 246 Å². The number of carboxylic acids is 1. The number of carbonyl (C=O) groups excluding carboxylic acids is 3. The molecule has 8 nitrogen and oxygen atoms in total. The van der Waals surface area contributed by atoms with Gasteiger partial charge in [0.15, 0.2) is 0 Å². The van der Waals surface area contributed by atoms with Gasteiger partial charge in [0.2, 0.25) is 17.7 Å². The first-order chi connectivity index (χ1) is 19.0. The molecule has 0 aliphatic heterocycles. The quantitative estimate of drug-likeness (QED) is 0.181. The van der Waals surface area contributed by atoms with Crippen molar-refractivity contribution in [3.05, 3.63) is 51.7 Å². The minimum atomic E-state index is -1.07. The molecule has 4 N–H and O–H groups in total. The SMILES string of the molecule is CCCCC(C)(CCC)SCC(=O)NCC(=O)N[C@@H](CCC(=O)O)C(=O)Nc1ccc(Cc2csc(C)c2)cc1. The van der Waals surface area contributed by atoms with Gasteiger partial charge < -0.3 is 21.1 Å². The van der Waals surface area contributed by atoms with Gasteiger partial charge in [-0.2, -0.15) is 0 Å². The second-order valence-corrected chi connectivity index (χ2v) is 13.0. The van der Waals surface area contributed by atoms with E-state index in [-0.39, 0.29) is 35.8 Å². The molecule has 1 aromatic carbocycles. The number of hydrogen-bond acceptors (Lipinski definition) is 6. The highest BCUT2D eigenvalue weighted by Crippen LogP contribution is 2.34. The van der Waals surface area contributed by atoms with Crippen LogP contribution in [-0.2, 0) is 25.6 Å². The summed E-state index contributed by atoms with van der Waals surface area (Å²) in [5, 5.41) is 19.2. The van der Waals surface area contributed by atoms with Gasteiger partial charge in [0.05, 0.1) is 12.3 Å². The monoisotopic (exact) mass is 589 g/mol. The Morgan fingerprint density at radius 3 is 2.35 bits per heavy atom. The Kier molecular flexibility index (Phi) is 14.2. The first kappa shape index (κ1) is 33.4. The first-order valence-corrected chi connectivity index (χ1v) is 15.8. The van der Waals surface area contributed by atoms with Crippen molar-refractivity contribution >= 4 is 52.5 Å². The number of unbranched alkanes of at least 4 members (excludes halogenated alkanes) is 1. The van der Waals surface area contributed by atoms with Crippen LogP contribution >= 0.6 is 23.1 Å². The van der Waals surface area contributed by atoms with Crippen LogP contribution in [0.2, 0.25) is 0 Å². The molecule has 0 radical (unpaired) electrons. The molecule has 0 fully saturated rings. The third kappa shape index (κ3) is 12.6. The second-order valence-electron chi connectivity index (χ2n) is 10.3. The maximum atomic E-state index is 12.9. The Morgan fingerprint density at radius 2 is 1.75 bits per heavy atom. The molecule has 0 spiro atoms. The molecule has 0 bridgehead atoms. The van der Waals surface area contributed by atoms with Crippen LogP contribution in [0.1, 0.15) is 81.7 Å². The molecule has 0 saturated carbocycles. The molecule has 0 aliphatic carbocycles. The highest BCUT2D eigenvalue weighted by atomic mass is 32.2. The summed E-state index contributed by atoms with van der Waals surface area (Å²) in [7, 11) is 0. The van der Waals surface area contributed by atoms with E-state index in [0.29, 0.717) is 5.69 Å². The van der Waals surface area contributed by atoms with E-state index in [1.165, 1.54) is 10.4 Å². The van der Waals surface area contributed by atoms with Crippen LogP contribution in [0.5, 0.6) is 0 Å². The van der Waals surface area contributed by atoms with Crippen molar-refractivity contribution in [1.82, 2.24) is 10.6 Å². The van der Waals surface area contributed by atoms with Gasteiger partial charge in [-0.15, -0.1) is 23.1 Å². The lowest BCUT2D eigenvalue weighted by molar-refractivity contribution is -0.137. The fourth-order valence-electron chi connectivity index (χ4n) is 4.36. The lowest BCUT2D eigenvalue weighted by Gasteiger charge is -2.28. The maximum Gasteiger partial charge on any atom is 0.303 e. The van der Waals surface area contributed by atoms with E-state index in [2.05, 4.69) is 55.1 Å². The maximum absolute atomic E-state index is 12.9. The Bertz CT molecular complexity index is 1120. The summed E-state index contributed by atoms with van der Waals surface area (Å²) >= 11 is 3.31. The van der Waals surface area contributed by atoms with Gasteiger partial charge in [-0.1, -0.05) is 52.2 Å². The number of nitrogens with one attached hydrogen (secondary N) is 3. The molecule has 0 aliphatic rings. The second kappa shape index (κ2) is 17.1. The van der Waals surface area contributed by atoms with E-state index in [4.69, 9.17) is 5.11 Å². The summed E-state index contributed by atoms with van der Waals surface area (Å²) in [5.74, 6) is -2.12. The van der Waals surface area contributed by atoms with E-state index in [0.717, 1.165) is 44.1 Å². The molecule has 2 rings (SSSR count). The lowest BCUT2D eigenvalue weighted by atomic mass is 9.98. The number of aliphatic carboxylic acids is 1. The summed E-state index contributed by atoms with van der Waals surface area (Å²) in [6.07, 6.45) is 5.73. The summed E-state index contributed by atoms with van der Waals surface area (Å²) in [6, 6.07) is 8.52. The molecule has 3 amide bonds. The molecule has 1 unspecified atom stereocenters. The van der Waals surface area contributed by atoms with Crippen LogP contribution in [0.15, 0.2) is 35.7 Å². The average Bonchev–Trinajstić information content (AvgIpc) is 3.32. The number of anilines is 1. The topological polar surface area (TPSA) is 125 Å². The summed E-state index contributed by atoms with van der Waals surface area (Å²) in [5.41, 5.74) is 2.88. The predicted molar refractivity (Wildman–Crippen MR) is 164 cm³/mol. The molecule has 1 heterocycles. The number of amides is 3. The third-order valence-corrected chi connectivity index (χ3v) is 8.97. The Balaban J connectivity index is 1.89. The van der Waals surface area contributed by atoms with Crippen molar-refractivity contribution in [1.29, 1.82) is 0 Å². The minimum absolute atomic E-state index is 0.0194. The van der Waals surface area contributed by atoms with Crippen LogP contribution < -0.4 is 16.0 Å². The molecule has 1 aromatic heterocycles. The number of carbonyl (C=O) groups is 4. The number of carboxylic acid groups (broad SMARTS) is 1. The molecular formula is C30H43N3O5S2. The first-order valence-electron chi connectivity index (χ1n) is 13.9. The van der Waals surface area contributed by atoms with Crippen molar-refractivity contribution in [3.8, 4) is 0 Å². The van der Waals surface area contributed by atoms with Crippen LogP contribution in [0.4, 0.5) is 5.69 Å². The Hall–Kier alpha value is -2.85. The molecule has 0 saturated heterocycles. The van der Waals surface area contributed by atoms with Crippen LogP contribution in [-0.4, -0.2) is 51.9 Å². The van der Waals surface area contributed by atoms with Gasteiger partial charge in [-0.25, -0.2) is 0 Å². The molecule has 2 aromatic rings.